The Morgan fingerprint density at radius 1 is 1.11 bits per heavy atom. The minimum atomic E-state index is -3.75. The molecule has 0 saturated heterocycles. The van der Waals surface area contributed by atoms with Crippen molar-refractivity contribution in [1.82, 2.24) is 19.3 Å². The van der Waals surface area contributed by atoms with E-state index in [9.17, 15) is 13.2 Å². The number of nitrogen functional groups attached to an aromatic ring is 1. The maximum absolute atomic E-state index is 14.0. The molecule has 0 bridgehead atoms. The molecule has 11 heteroatoms. The number of aromatic nitrogens is 3. The van der Waals surface area contributed by atoms with E-state index < -0.39 is 21.4 Å². The molecule has 3 heterocycles. The van der Waals surface area contributed by atoms with E-state index in [4.69, 9.17) is 5.73 Å². The molecule has 0 radical (unpaired) electrons. The summed E-state index contributed by atoms with van der Waals surface area (Å²) < 4.78 is 29.1. The minimum absolute atomic E-state index is 0.206. The quantitative estimate of drug-likeness (QED) is 0.208. The summed E-state index contributed by atoms with van der Waals surface area (Å²) in [6.45, 7) is 11.1. The van der Waals surface area contributed by atoms with Crippen LogP contribution in [-0.2, 0) is 27.8 Å². The van der Waals surface area contributed by atoms with Crippen molar-refractivity contribution in [3.63, 3.8) is 0 Å². The third-order valence-electron chi connectivity index (χ3n) is 8.70. The Balaban J connectivity index is 1.59. The number of nitrogens with zero attached hydrogens (tertiary/aromatic N) is 4. The van der Waals surface area contributed by atoms with E-state index >= 15 is 0 Å². The normalized spacial score (nSPS) is 15.5. The molecule has 1 unspecified atom stereocenters. The van der Waals surface area contributed by atoms with Gasteiger partial charge in [0, 0.05) is 31.7 Å². The van der Waals surface area contributed by atoms with Crippen LogP contribution in [0, 0.1) is 19.3 Å². The van der Waals surface area contributed by atoms with Crippen LogP contribution in [0.5, 0.6) is 0 Å². The molecular weight excluding hydrogens is 586 g/mol. The third kappa shape index (κ3) is 6.41. The predicted molar refractivity (Wildman–Crippen MR) is 177 cm³/mol. The Bertz CT molecular complexity index is 1810. The predicted octanol–water partition coefficient (Wildman–Crippen LogP) is 5.44. The Labute approximate surface area is 265 Å². The molecule has 45 heavy (non-hydrogen) atoms. The summed E-state index contributed by atoms with van der Waals surface area (Å²) in [7, 11) is -3.75. The van der Waals surface area contributed by atoms with Gasteiger partial charge in [0.1, 0.15) is 11.2 Å². The Morgan fingerprint density at radius 2 is 1.87 bits per heavy atom. The summed E-state index contributed by atoms with van der Waals surface area (Å²) in [5.74, 6) is -0.637. The van der Waals surface area contributed by atoms with E-state index in [0.29, 0.717) is 36.5 Å². The van der Waals surface area contributed by atoms with Crippen LogP contribution in [0.2, 0.25) is 0 Å². The first-order valence-electron chi connectivity index (χ1n) is 15.2. The van der Waals surface area contributed by atoms with Crippen LogP contribution < -0.4 is 16.4 Å². The SMILES string of the molecule is CCNc1ccc(C(c2ccc(C)c(CN3CCCc4ncccc4S3(=O)=O)c2)C(C)(C)C(=O)Nc2cncnc2)c(C)c1N. The van der Waals surface area contributed by atoms with Crippen molar-refractivity contribution in [2.24, 2.45) is 5.41 Å². The van der Waals surface area contributed by atoms with Gasteiger partial charge in [-0.2, -0.15) is 4.31 Å². The van der Waals surface area contributed by atoms with E-state index in [1.165, 1.54) is 6.33 Å². The largest absolute Gasteiger partial charge is 0.397 e. The first kappa shape index (κ1) is 32.1. The van der Waals surface area contributed by atoms with Gasteiger partial charge in [-0.25, -0.2) is 18.4 Å². The number of aryl methyl sites for hydroxylation is 2. The molecule has 0 aliphatic carbocycles. The second-order valence-electron chi connectivity index (χ2n) is 12.1. The van der Waals surface area contributed by atoms with Crippen LogP contribution in [0.25, 0.3) is 0 Å². The monoisotopic (exact) mass is 627 g/mol. The van der Waals surface area contributed by atoms with Gasteiger partial charge < -0.3 is 16.4 Å². The number of amides is 1. The Morgan fingerprint density at radius 3 is 2.60 bits per heavy atom. The molecule has 2 aromatic carbocycles. The van der Waals surface area contributed by atoms with Crippen molar-refractivity contribution >= 4 is 33.0 Å². The molecule has 4 N–H and O–H groups in total. The fourth-order valence-electron chi connectivity index (χ4n) is 6.10. The standard InChI is InChI=1S/C34H41N7O3S/c1-6-38-29-14-13-27(23(3)32(29)35)31(34(4,5)33(42)40-26-18-36-21-37-19-26)24-12-11-22(2)25(17-24)20-41-16-8-9-28-30(45(41,43)44)10-7-15-39-28/h7,10-15,17-19,21,31,38H,6,8-9,16,20,35H2,1-5H3,(H,40,42). The number of hydrogen-bond acceptors (Lipinski definition) is 8. The number of pyridine rings is 1. The molecule has 5 rings (SSSR count). The third-order valence-corrected chi connectivity index (χ3v) is 10.6. The van der Waals surface area contributed by atoms with Gasteiger partial charge in [-0.3, -0.25) is 9.78 Å². The fraction of sp³-hybridized carbons (Fsp3) is 0.353. The highest BCUT2D eigenvalue weighted by Crippen LogP contribution is 2.45. The number of anilines is 3. The smallest absolute Gasteiger partial charge is 0.245 e. The summed E-state index contributed by atoms with van der Waals surface area (Å²) in [4.78, 5) is 26.7. The molecule has 0 fully saturated rings. The highest BCUT2D eigenvalue weighted by atomic mass is 32.2. The van der Waals surface area contributed by atoms with Gasteiger partial charge in [-0.05, 0) is 79.6 Å². The average molecular weight is 628 g/mol. The van der Waals surface area contributed by atoms with E-state index in [0.717, 1.165) is 40.0 Å². The molecule has 0 spiro atoms. The lowest BCUT2D eigenvalue weighted by Crippen LogP contribution is -2.37. The molecule has 1 aliphatic rings. The van der Waals surface area contributed by atoms with Gasteiger partial charge in [-0.1, -0.05) is 38.1 Å². The lowest BCUT2D eigenvalue weighted by Gasteiger charge is -2.36. The van der Waals surface area contributed by atoms with E-state index in [2.05, 4.69) is 25.6 Å². The van der Waals surface area contributed by atoms with Crippen LogP contribution in [0.3, 0.4) is 0 Å². The number of benzene rings is 2. The van der Waals surface area contributed by atoms with Gasteiger partial charge in [0.05, 0.1) is 40.6 Å². The maximum Gasteiger partial charge on any atom is 0.245 e. The number of nitrogens with one attached hydrogen (secondary N) is 2. The first-order valence-corrected chi connectivity index (χ1v) is 16.6. The molecule has 236 valence electrons. The van der Waals surface area contributed by atoms with Crippen molar-refractivity contribution in [2.45, 2.75) is 64.8 Å². The molecule has 2 aromatic heterocycles. The molecule has 1 aliphatic heterocycles. The topological polar surface area (TPSA) is 143 Å². The summed E-state index contributed by atoms with van der Waals surface area (Å²) >= 11 is 0. The number of rotatable bonds is 9. The number of sulfonamides is 1. The average Bonchev–Trinajstić information content (AvgIpc) is 3.14. The zero-order valence-corrected chi connectivity index (χ0v) is 27.3. The summed E-state index contributed by atoms with van der Waals surface area (Å²) in [6.07, 6.45) is 7.45. The van der Waals surface area contributed by atoms with Gasteiger partial charge in [0.25, 0.3) is 0 Å². The second-order valence-corrected chi connectivity index (χ2v) is 14.0. The highest BCUT2D eigenvalue weighted by Gasteiger charge is 2.40. The molecule has 4 aromatic rings. The number of carbonyl (C=O) groups excluding carboxylic acids is 1. The van der Waals surface area contributed by atoms with E-state index in [-0.39, 0.29) is 17.3 Å². The number of fused-ring (bicyclic) bond motifs is 1. The number of hydrogen-bond donors (Lipinski definition) is 3. The molecule has 0 saturated carbocycles. The zero-order valence-electron chi connectivity index (χ0n) is 26.5. The van der Waals surface area contributed by atoms with Crippen molar-refractivity contribution in [3.05, 3.63) is 101 Å². The van der Waals surface area contributed by atoms with Crippen LogP contribution >= 0.6 is 0 Å². The fourth-order valence-corrected chi connectivity index (χ4v) is 7.76. The van der Waals surface area contributed by atoms with Gasteiger partial charge >= 0.3 is 0 Å². The Hall–Kier alpha value is -4.35. The van der Waals surface area contributed by atoms with Gasteiger partial charge in [0.15, 0.2) is 0 Å². The summed E-state index contributed by atoms with van der Waals surface area (Å²) in [5, 5.41) is 6.30. The van der Waals surface area contributed by atoms with Crippen molar-refractivity contribution in [2.75, 3.05) is 29.5 Å². The number of nitrogens with two attached hydrogens (primary N) is 1. The van der Waals surface area contributed by atoms with Crippen molar-refractivity contribution in [1.29, 1.82) is 0 Å². The van der Waals surface area contributed by atoms with Gasteiger partial charge in [0.2, 0.25) is 15.9 Å². The van der Waals surface area contributed by atoms with Crippen molar-refractivity contribution < 1.29 is 13.2 Å². The van der Waals surface area contributed by atoms with Gasteiger partial charge in [-0.15, -0.1) is 0 Å². The van der Waals surface area contributed by atoms with Crippen LogP contribution in [-0.4, -0.2) is 46.7 Å². The lowest BCUT2D eigenvalue weighted by atomic mass is 9.69. The second kappa shape index (κ2) is 12.9. The Kier molecular flexibility index (Phi) is 9.22. The van der Waals surface area contributed by atoms with Crippen LogP contribution in [0.4, 0.5) is 17.1 Å². The molecule has 1 amide bonds. The zero-order chi connectivity index (χ0) is 32.4. The summed E-state index contributed by atoms with van der Waals surface area (Å²) in [5.41, 5.74) is 12.7. The van der Waals surface area contributed by atoms with Crippen LogP contribution in [0.1, 0.15) is 66.6 Å². The highest BCUT2D eigenvalue weighted by molar-refractivity contribution is 7.89. The van der Waals surface area contributed by atoms with E-state index in [1.807, 2.05) is 65.0 Å². The number of carbonyl (C=O) groups is 1. The molecule has 1 atom stereocenters. The maximum atomic E-state index is 14.0. The lowest BCUT2D eigenvalue weighted by molar-refractivity contribution is -0.124. The van der Waals surface area contributed by atoms with E-state index in [1.54, 1.807) is 35.0 Å². The molecular formula is C34H41N7O3S. The van der Waals surface area contributed by atoms with Crippen LogP contribution in [0.15, 0.2) is 72.3 Å². The van der Waals surface area contributed by atoms with Crippen molar-refractivity contribution in [3.8, 4) is 0 Å². The molecule has 10 nitrogen and oxygen atoms in total. The first-order chi connectivity index (χ1) is 21.4. The summed E-state index contributed by atoms with van der Waals surface area (Å²) in [6, 6.07) is 13.4. The minimum Gasteiger partial charge on any atom is -0.397 e.